The molecule has 0 saturated carbocycles. The van der Waals surface area contributed by atoms with E-state index >= 15 is 0 Å². The molecule has 0 aliphatic rings. The second-order valence-corrected chi connectivity index (χ2v) is 8.93. The number of hydrogen-bond acceptors (Lipinski definition) is 1. The Hall–Kier alpha value is -2.29. The Labute approximate surface area is 158 Å². The maximum Gasteiger partial charge on any atom is 0.315 e. The lowest BCUT2D eigenvalue weighted by molar-refractivity contribution is 0.240. The van der Waals surface area contributed by atoms with Gasteiger partial charge in [0.05, 0.1) is 0 Å². The van der Waals surface area contributed by atoms with Gasteiger partial charge in [0.1, 0.15) is 0 Å². The normalized spacial score (nSPS) is 11.9. The third-order valence-electron chi connectivity index (χ3n) is 4.55. The summed E-state index contributed by atoms with van der Waals surface area (Å²) < 4.78 is 0. The quantitative estimate of drug-likeness (QED) is 0.772. The number of urea groups is 1. The third kappa shape index (κ3) is 5.91. The van der Waals surface area contributed by atoms with Crippen molar-refractivity contribution < 1.29 is 4.79 Å². The number of carbonyl (C=O) groups is 1. The summed E-state index contributed by atoms with van der Waals surface area (Å²) in [6, 6.07) is 16.7. The van der Waals surface area contributed by atoms with Gasteiger partial charge in [-0.1, -0.05) is 90.1 Å². The predicted molar refractivity (Wildman–Crippen MR) is 109 cm³/mol. The topological polar surface area (TPSA) is 41.1 Å². The van der Waals surface area contributed by atoms with Crippen LogP contribution in [-0.4, -0.2) is 6.03 Å². The molecule has 2 aromatic carbocycles. The first-order valence-corrected chi connectivity index (χ1v) is 9.26. The van der Waals surface area contributed by atoms with Gasteiger partial charge in [-0.2, -0.15) is 0 Å². The van der Waals surface area contributed by atoms with Crippen molar-refractivity contribution in [3.05, 3.63) is 70.8 Å². The zero-order valence-electron chi connectivity index (χ0n) is 16.9. The average Bonchev–Trinajstić information content (AvgIpc) is 2.57. The van der Waals surface area contributed by atoms with Crippen LogP contribution in [0.15, 0.2) is 48.5 Å². The van der Waals surface area contributed by atoms with Crippen molar-refractivity contribution in [1.29, 1.82) is 0 Å². The van der Waals surface area contributed by atoms with Gasteiger partial charge in [-0.15, -0.1) is 0 Å². The molecule has 140 valence electrons. The molecule has 26 heavy (non-hydrogen) atoms. The van der Waals surface area contributed by atoms with Gasteiger partial charge in [-0.3, -0.25) is 0 Å². The molecule has 0 radical (unpaired) electrons. The highest BCUT2D eigenvalue weighted by Gasteiger charge is 2.13. The molecule has 2 amide bonds. The van der Waals surface area contributed by atoms with Gasteiger partial charge < -0.3 is 10.6 Å². The standard InChI is InChI=1S/C23H32N2O/c1-22(2,3)19-11-7-17(8-12-19)15-24-21(26)25-16-18-9-13-20(14-10-18)23(4,5)6/h7-14H,15-16H2,1-6H3,(H2,24,25,26). The van der Waals surface area contributed by atoms with Crippen LogP contribution < -0.4 is 10.6 Å². The molecule has 2 N–H and O–H groups in total. The van der Waals surface area contributed by atoms with Crippen molar-refractivity contribution in [1.82, 2.24) is 10.6 Å². The van der Waals surface area contributed by atoms with Crippen LogP contribution in [0.5, 0.6) is 0 Å². The van der Waals surface area contributed by atoms with Gasteiger partial charge in [-0.25, -0.2) is 4.79 Å². The Kier molecular flexibility index (Phi) is 6.12. The minimum absolute atomic E-state index is 0.145. The molecule has 0 aliphatic heterocycles. The largest absolute Gasteiger partial charge is 0.334 e. The van der Waals surface area contributed by atoms with Crippen LogP contribution in [0, 0.1) is 0 Å². The lowest BCUT2D eigenvalue weighted by Crippen LogP contribution is -2.34. The fraction of sp³-hybridized carbons (Fsp3) is 0.435. The summed E-state index contributed by atoms with van der Waals surface area (Å²) in [5.41, 5.74) is 5.08. The monoisotopic (exact) mass is 352 g/mol. The molecule has 0 aliphatic carbocycles. The molecule has 0 bridgehead atoms. The maximum atomic E-state index is 12.0. The number of carbonyl (C=O) groups excluding carboxylic acids is 1. The highest BCUT2D eigenvalue weighted by atomic mass is 16.2. The predicted octanol–water partition coefficient (Wildman–Crippen LogP) is 5.28. The summed E-state index contributed by atoms with van der Waals surface area (Å²) in [5.74, 6) is 0. The summed E-state index contributed by atoms with van der Waals surface area (Å²) in [4.78, 5) is 12.0. The summed E-state index contributed by atoms with van der Waals surface area (Å²) in [7, 11) is 0. The van der Waals surface area contributed by atoms with E-state index in [1.165, 1.54) is 11.1 Å². The third-order valence-corrected chi connectivity index (χ3v) is 4.55. The lowest BCUT2D eigenvalue weighted by atomic mass is 9.87. The Bertz CT molecular complexity index is 653. The van der Waals surface area contributed by atoms with E-state index in [4.69, 9.17) is 0 Å². The zero-order valence-corrected chi connectivity index (χ0v) is 16.9. The summed E-state index contributed by atoms with van der Waals surface area (Å²) in [6.45, 7) is 14.2. The van der Waals surface area contributed by atoms with Crippen molar-refractivity contribution >= 4 is 6.03 Å². The Balaban J connectivity index is 1.80. The van der Waals surface area contributed by atoms with E-state index in [-0.39, 0.29) is 16.9 Å². The highest BCUT2D eigenvalue weighted by molar-refractivity contribution is 5.73. The van der Waals surface area contributed by atoms with Crippen LogP contribution in [0.2, 0.25) is 0 Å². The van der Waals surface area contributed by atoms with Gasteiger partial charge in [0, 0.05) is 13.1 Å². The van der Waals surface area contributed by atoms with E-state index in [1.54, 1.807) is 0 Å². The molecular weight excluding hydrogens is 320 g/mol. The van der Waals surface area contributed by atoms with E-state index in [9.17, 15) is 4.79 Å². The molecule has 3 nitrogen and oxygen atoms in total. The van der Waals surface area contributed by atoms with Gasteiger partial charge in [0.25, 0.3) is 0 Å². The zero-order chi connectivity index (χ0) is 19.4. The van der Waals surface area contributed by atoms with Gasteiger partial charge in [0.2, 0.25) is 0 Å². The first-order chi connectivity index (χ1) is 12.1. The number of nitrogens with one attached hydrogen (secondary N) is 2. The molecule has 0 fully saturated rings. The fourth-order valence-electron chi connectivity index (χ4n) is 2.67. The van der Waals surface area contributed by atoms with E-state index in [2.05, 4.69) is 101 Å². The summed E-state index contributed by atoms with van der Waals surface area (Å²) in [6.07, 6.45) is 0. The lowest BCUT2D eigenvalue weighted by Gasteiger charge is -2.19. The number of hydrogen-bond donors (Lipinski definition) is 2. The molecule has 2 aromatic rings. The van der Waals surface area contributed by atoms with Crippen molar-refractivity contribution in [2.24, 2.45) is 0 Å². The van der Waals surface area contributed by atoms with E-state index in [0.29, 0.717) is 13.1 Å². The van der Waals surface area contributed by atoms with Crippen molar-refractivity contribution in [3.63, 3.8) is 0 Å². The van der Waals surface area contributed by atoms with Crippen molar-refractivity contribution in [2.45, 2.75) is 65.5 Å². The SMILES string of the molecule is CC(C)(C)c1ccc(CNC(=O)NCc2ccc(C(C)(C)C)cc2)cc1. The van der Waals surface area contributed by atoms with Crippen LogP contribution in [0.1, 0.15) is 63.8 Å². The van der Waals surface area contributed by atoms with Gasteiger partial charge in [-0.05, 0) is 33.1 Å². The van der Waals surface area contributed by atoms with Crippen LogP contribution in [0.3, 0.4) is 0 Å². The van der Waals surface area contributed by atoms with Gasteiger partial charge >= 0.3 is 6.03 Å². The Morgan fingerprint density at radius 3 is 1.23 bits per heavy atom. The number of benzene rings is 2. The maximum absolute atomic E-state index is 12.0. The first kappa shape index (κ1) is 20.0. The smallest absolute Gasteiger partial charge is 0.315 e. The second kappa shape index (κ2) is 7.94. The van der Waals surface area contributed by atoms with Crippen LogP contribution in [0.25, 0.3) is 0 Å². The molecule has 0 unspecified atom stereocenters. The van der Waals surface area contributed by atoms with Crippen molar-refractivity contribution in [2.75, 3.05) is 0 Å². The Morgan fingerprint density at radius 2 is 0.962 bits per heavy atom. The molecule has 0 heterocycles. The van der Waals surface area contributed by atoms with E-state index < -0.39 is 0 Å². The van der Waals surface area contributed by atoms with E-state index in [1.807, 2.05) is 0 Å². The summed E-state index contributed by atoms with van der Waals surface area (Å²) >= 11 is 0. The fourth-order valence-corrected chi connectivity index (χ4v) is 2.67. The molecular formula is C23H32N2O. The van der Waals surface area contributed by atoms with Crippen LogP contribution in [-0.2, 0) is 23.9 Å². The molecule has 0 aromatic heterocycles. The molecule has 3 heteroatoms. The van der Waals surface area contributed by atoms with Gasteiger partial charge in [0.15, 0.2) is 0 Å². The first-order valence-electron chi connectivity index (χ1n) is 9.26. The van der Waals surface area contributed by atoms with E-state index in [0.717, 1.165) is 11.1 Å². The second-order valence-electron chi connectivity index (χ2n) is 8.93. The Morgan fingerprint density at radius 1 is 0.654 bits per heavy atom. The molecule has 2 rings (SSSR count). The van der Waals surface area contributed by atoms with Crippen molar-refractivity contribution in [3.8, 4) is 0 Å². The van der Waals surface area contributed by atoms with Crippen LogP contribution in [0.4, 0.5) is 4.79 Å². The summed E-state index contributed by atoms with van der Waals surface area (Å²) in [5, 5.41) is 5.83. The minimum Gasteiger partial charge on any atom is -0.334 e. The molecule has 0 spiro atoms. The number of rotatable bonds is 4. The number of amides is 2. The molecule has 0 atom stereocenters. The van der Waals surface area contributed by atoms with Crippen LogP contribution >= 0.6 is 0 Å². The minimum atomic E-state index is -0.148. The highest BCUT2D eigenvalue weighted by Crippen LogP contribution is 2.23. The molecule has 0 saturated heterocycles. The average molecular weight is 353 g/mol.